The lowest BCUT2D eigenvalue weighted by Gasteiger charge is -2.38. The smallest absolute Gasteiger partial charge is 0.230 e. The average molecular weight is 293 g/mol. The first-order valence-electron chi connectivity index (χ1n) is 7.54. The lowest BCUT2D eigenvalue weighted by atomic mass is 9.78. The van der Waals surface area contributed by atoms with Gasteiger partial charge in [-0.3, -0.25) is 4.79 Å². The highest BCUT2D eigenvalue weighted by Crippen LogP contribution is 2.42. The monoisotopic (exact) mass is 293 g/mol. The predicted molar refractivity (Wildman–Crippen MR) is 82.3 cm³/mol. The molecule has 0 N–H and O–H groups in total. The summed E-state index contributed by atoms with van der Waals surface area (Å²) >= 11 is 1.76. The van der Waals surface area contributed by atoms with Crippen LogP contribution in [0.3, 0.4) is 0 Å². The number of carbonyl (C=O) groups excluding carboxylic acids is 1. The maximum absolute atomic E-state index is 12.7. The lowest BCUT2D eigenvalue weighted by Crippen LogP contribution is -2.49. The van der Waals surface area contributed by atoms with Gasteiger partial charge < -0.3 is 9.80 Å². The fourth-order valence-electron chi connectivity index (χ4n) is 3.46. The van der Waals surface area contributed by atoms with Crippen molar-refractivity contribution in [1.29, 1.82) is 0 Å². The zero-order valence-corrected chi connectivity index (χ0v) is 13.4. The Morgan fingerprint density at radius 2 is 2.10 bits per heavy atom. The molecule has 0 unspecified atom stereocenters. The van der Waals surface area contributed by atoms with E-state index in [4.69, 9.17) is 0 Å². The number of hydrogen-bond donors (Lipinski definition) is 0. The Labute approximate surface area is 124 Å². The van der Waals surface area contributed by atoms with E-state index >= 15 is 0 Å². The third kappa shape index (κ3) is 2.12. The van der Waals surface area contributed by atoms with Gasteiger partial charge in [0.2, 0.25) is 5.91 Å². The zero-order chi connectivity index (χ0) is 14.3. The van der Waals surface area contributed by atoms with Crippen LogP contribution >= 0.6 is 11.3 Å². The quantitative estimate of drug-likeness (QED) is 0.841. The second kappa shape index (κ2) is 5.02. The van der Waals surface area contributed by atoms with E-state index < -0.39 is 0 Å². The third-order valence-corrected chi connectivity index (χ3v) is 5.98. The number of aryl methyl sites for hydroxylation is 2. The molecule has 0 aliphatic carbocycles. The first-order valence-corrected chi connectivity index (χ1v) is 8.36. The Bertz CT molecular complexity index is 508. The Morgan fingerprint density at radius 1 is 1.30 bits per heavy atom. The molecule has 2 aliphatic heterocycles. The van der Waals surface area contributed by atoms with Crippen LogP contribution in [0.15, 0.2) is 0 Å². The van der Waals surface area contributed by atoms with Crippen molar-refractivity contribution in [3.05, 3.63) is 10.6 Å². The number of rotatable bonds is 2. The molecule has 2 aliphatic rings. The van der Waals surface area contributed by atoms with Crippen LogP contribution < -0.4 is 4.90 Å². The van der Waals surface area contributed by atoms with Crippen molar-refractivity contribution in [2.75, 3.05) is 31.1 Å². The van der Waals surface area contributed by atoms with Crippen LogP contribution in [0.5, 0.6) is 0 Å². The van der Waals surface area contributed by atoms with E-state index in [1.165, 1.54) is 4.88 Å². The standard InChI is InChI=1S/C15H23N3OS/c1-4-17-8-5-6-15(13(17)19)7-9-18(10-15)14-16-11(2)12(3)20-14/h4-10H2,1-3H3/t15-/m1/s1. The van der Waals surface area contributed by atoms with Gasteiger partial charge >= 0.3 is 0 Å². The molecule has 1 spiro atoms. The number of nitrogens with zero attached hydrogens (tertiary/aromatic N) is 3. The molecule has 20 heavy (non-hydrogen) atoms. The van der Waals surface area contributed by atoms with Crippen LogP contribution in [0.4, 0.5) is 5.13 Å². The summed E-state index contributed by atoms with van der Waals surface area (Å²) in [4.78, 5) is 23.0. The van der Waals surface area contributed by atoms with Crippen LogP contribution in [-0.4, -0.2) is 42.0 Å². The number of anilines is 1. The van der Waals surface area contributed by atoms with Gasteiger partial charge in [-0.15, -0.1) is 11.3 Å². The fourth-order valence-corrected chi connectivity index (χ4v) is 4.39. The summed E-state index contributed by atoms with van der Waals surface area (Å²) in [6.07, 6.45) is 3.17. The van der Waals surface area contributed by atoms with E-state index in [1.54, 1.807) is 11.3 Å². The van der Waals surface area contributed by atoms with Crippen LogP contribution in [0, 0.1) is 19.3 Å². The minimum atomic E-state index is -0.137. The lowest BCUT2D eigenvalue weighted by molar-refractivity contribution is -0.144. The van der Waals surface area contributed by atoms with E-state index in [-0.39, 0.29) is 5.41 Å². The number of piperidine rings is 1. The topological polar surface area (TPSA) is 36.4 Å². The molecule has 0 bridgehead atoms. The van der Waals surface area contributed by atoms with Crippen molar-refractivity contribution in [2.24, 2.45) is 5.41 Å². The van der Waals surface area contributed by atoms with Gasteiger partial charge in [0.25, 0.3) is 0 Å². The normalized spacial score (nSPS) is 26.9. The van der Waals surface area contributed by atoms with Crippen LogP contribution in [0.25, 0.3) is 0 Å². The van der Waals surface area contributed by atoms with Crippen molar-refractivity contribution in [1.82, 2.24) is 9.88 Å². The van der Waals surface area contributed by atoms with Crippen molar-refractivity contribution >= 4 is 22.4 Å². The van der Waals surface area contributed by atoms with Gasteiger partial charge in [0.05, 0.1) is 11.1 Å². The van der Waals surface area contributed by atoms with E-state index in [9.17, 15) is 4.79 Å². The van der Waals surface area contributed by atoms with E-state index in [2.05, 4.69) is 30.7 Å². The highest BCUT2D eigenvalue weighted by molar-refractivity contribution is 7.15. The van der Waals surface area contributed by atoms with E-state index in [0.717, 1.165) is 56.3 Å². The summed E-state index contributed by atoms with van der Waals surface area (Å²) in [5.41, 5.74) is 0.984. The first kappa shape index (κ1) is 13.9. The maximum Gasteiger partial charge on any atom is 0.230 e. The Balaban J connectivity index is 1.80. The van der Waals surface area contributed by atoms with E-state index in [0.29, 0.717) is 5.91 Å². The van der Waals surface area contributed by atoms with Crippen molar-refractivity contribution in [3.63, 3.8) is 0 Å². The number of aromatic nitrogens is 1. The molecule has 5 heteroatoms. The minimum absolute atomic E-state index is 0.137. The summed E-state index contributed by atoms with van der Waals surface area (Å²) in [6, 6.07) is 0. The summed E-state index contributed by atoms with van der Waals surface area (Å²) in [5.74, 6) is 0.374. The molecule has 1 amide bonds. The molecule has 3 rings (SSSR count). The minimum Gasteiger partial charge on any atom is -0.347 e. The van der Waals surface area contributed by atoms with Gasteiger partial charge in [-0.1, -0.05) is 0 Å². The van der Waals surface area contributed by atoms with Crippen molar-refractivity contribution in [2.45, 2.75) is 40.0 Å². The van der Waals surface area contributed by atoms with Gasteiger partial charge in [0.15, 0.2) is 5.13 Å². The molecule has 3 heterocycles. The molecule has 110 valence electrons. The largest absolute Gasteiger partial charge is 0.347 e. The molecular formula is C15H23N3OS. The molecule has 2 saturated heterocycles. The van der Waals surface area contributed by atoms with Gasteiger partial charge in [0.1, 0.15) is 0 Å². The molecule has 1 aromatic rings. The number of thiazole rings is 1. The molecule has 4 nitrogen and oxygen atoms in total. The number of carbonyl (C=O) groups is 1. The first-order chi connectivity index (χ1) is 9.55. The van der Waals surface area contributed by atoms with Crippen molar-refractivity contribution < 1.29 is 4.79 Å². The van der Waals surface area contributed by atoms with Crippen LogP contribution in [0.1, 0.15) is 36.8 Å². The molecule has 0 aromatic carbocycles. The molecule has 2 fully saturated rings. The summed E-state index contributed by atoms with van der Waals surface area (Å²) in [7, 11) is 0. The molecule has 1 atom stereocenters. The van der Waals surface area contributed by atoms with Crippen molar-refractivity contribution in [3.8, 4) is 0 Å². The zero-order valence-electron chi connectivity index (χ0n) is 12.6. The van der Waals surface area contributed by atoms with Crippen LogP contribution in [0.2, 0.25) is 0 Å². The van der Waals surface area contributed by atoms with E-state index in [1.807, 2.05) is 4.90 Å². The SMILES string of the molecule is CCN1CCC[C@]2(CCN(c3nc(C)c(C)s3)C2)C1=O. The summed E-state index contributed by atoms with van der Waals surface area (Å²) in [5, 5.41) is 1.10. The Kier molecular flexibility index (Phi) is 3.48. The average Bonchev–Trinajstić information content (AvgIpc) is 2.99. The highest BCUT2D eigenvalue weighted by Gasteiger charge is 2.48. The molecular weight excluding hydrogens is 270 g/mol. The molecule has 0 radical (unpaired) electrons. The number of likely N-dealkylation sites (tertiary alicyclic amines) is 1. The number of hydrogen-bond acceptors (Lipinski definition) is 4. The molecule has 0 saturated carbocycles. The van der Waals surface area contributed by atoms with Gasteiger partial charge in [-0.05, 0) is 40.0 Å². The highest BCUT2D eigenvalue weighted by atomic mass is 32.1. The Morgan fingerprint density at radius 3 is 2.75 bits per heavy atom. The fraction of sp³-hybridized carbons (Fsp3) is 0.733. The maximum atomic E-state index is 12.7. The summed E-state index contributed by atoms with van der Waals surface area (Å²) < 4.78 is 0. The summed E-state index contributed by atoms with van der Waals surface area (Å²) in [6.45, 7) is 9.86. The van der Waals surface area contributed by atoms with Gasteiger partial charge in [0, 0.05) is 31.1 Å². The van der Waals surface area contributed by atoms with Crippen LogP contribution in [-0.2, 0) is 4.79 Å². The van der Waals surface area contributed by atoms with Gasteiger partial charge in [-0.25, -0.2) is 4.98 Å². The predicted octanol–water partition coefficient (Wildman–Crippen LogP) is 2.60. The third-order valence-electron chi connectivity index (χ3n) is 4.85. The number of amides is 1. The van der Waals surface area contributed by atoms with Gasteiger partial charge in [-0.2, -0.15) is 0 Å². The second-order valence-electron chi connectivity index (χ2n) is 6.08. The Hall–Kier alpha value is -1.10. The second-order valence-corrected chi connectivity index (χ2v) is 7.26. The molecule has 1 aromatic heterocycles.